The van der Waals surface area contributed by atoms with Gasteiger partial charge in [-0.05, 0) is 18.9 Å². The van der Waals surface area contributed by atoms with E-state index >= 15 is 0 Å². The summed E-state index contributed by atoms with van der Waals surface area (Å²) in [4.78, 5) is 18.0. The van der Waals surface area contributed by atoms with Gasteiger partial charge in [0.2, 0.25) is 11.8 Å². The van der Waals surface area contributed by atoms with Crippen molar-refractivity contribution in [2.45, 2.75) is 19.3 Å². The third-order valence-corrected chi connectivity index (χ3v) is 3.20. The van der Waals surface area contributed by atoms with Crippen LogP contribution in [-0.4, -0.2) is 42.5 Å². The number of methoxy groups -OCH3 is 1. The molecule has 0 saturated carbocycles. The van der Waals surface area contributed by atoms with Crippen molar-refractivity contribution in [1.29, 1.82) is 0 Å². The summed E-state index contributed by atoms with van der Waals surface area (Å²) in [5.74, 6) is 1.25. The van der Waals surface area contributed by atoms with Crippen LogP contribution in [0.15, 0.2) is 12.1 Å². The van der Waals surface area contributed by atoms with Gasteiger partial charge in [0.15, 0.2) is 5.82 Å². The Morgan fingerprint density at radius 1 is 1.47 bits per heavy atom. The lowest BCUT2D eigenvalue weighted by atomic mass is 10.3. The van der Waals surface area contributed by atoms with E-state index in [2.05, 4.69) is 10.3 Å². The first kappa shape index (κ1) is 13.5. The Bertz CT molecular complexity index is 444. The van der Waals surface area contributed by atoms with Crippen LogP contribution in [0.1, 0.15) is 19.3 Å². The predicted molar refractivity (Wildman–Crippen MR) is 74.1 cm³/mol. The molecule has 19 heavy (non-hydrogen) atoms. The zero-order chi connectivity index (χ0) is 13.7. The number of ether oxygens (including phenoxy) is 1. The fourth-order valence-corrected chi connectivity index (χ4v) is 2.12. The highest BCUT2D eigenvalue weighted by atomic mass is 16.5. The maximum absolute atomic E-state index is 11.9. The van der Waals surface area contributed by atoms with Crippen molar-refractivity contribution in [2.75, 3.05) is 37.8 Å². The molecule has 0 radical (unpaired) electrons. The molecule has 0 unspecified atom stereocenters. The molecule has 6 nitrogen and oxygen atoms in total. The Labute approximate surface area is 112 Å². The largest absolute Gasteiger partial charge is 0.481 e. The first-order valence-electron chi connectivity index (χ1n) is 6.53. The molecule has 2 heterocycles. The van der Waals surface area contributed by atoms with Crippen molar-refractivity contribution in [2.24, 2.45) is 0 Å². The highest BCUT2D eigenvalue weighted by molar-refractivity contribution is 5.77. The summed E-state index contributed by atoms with van der Waals surface area (Å²) in [6.45, 7) is 2.30. The van der Waals surface area contributed by atoms with Crippen LogP contribution in [-0.2, 0) is 4.79 Å². The number of anilines is 2. The number of rotatable bonds is 5. The summed E-state index contributed by atoms with van der Waals surface area (Å²) in [7, 11) is 1.55. The van der Waals surface area contributed by atoms with Gasteiger partial charge in [0, 0.05) is 32.1 Å². The average molecular weight is 264 g/mol. The third-order valence-electron chi connectivity index (χ3n) is 3.20. The Balaban J connectivity index is 1.83. The number of nitrogens with zero attached hydrogens (tertiary/aromatic N) is 2. The second-order valence-electron chi connectivity index (χ2n) is 4.56. The predicted octanol–water partition coefficient (Wildman–Crippen LogP) is 1.10. The SMILES string of the molecule is COc1ccc(N)c(NCCC(=O)N2CCCC2)n1. The van der Waals surface area contributed by atoms with Gasteiger partial charge < -0.3 is 20.7 Å². The van der Waals surface area contributed by atoms with E-state index in [0.29, 0.717) is 30.4 Å². The molecule has 3 N–H and O–H groups in total. The van der Waals surface area contributed by atoms with Crippen molar-refractivity contribution in [3.63, 3.8) is 0 Å². The van der Waals surface area contributed by atoms with E-state index in [1.54, 1.807) is 19.2 Å². The molecule has 1 aromatic heterocycles. The van der Waals surface area contributed by atoms with Crippen LogP contribution >= 0.6 is 0 Å². The molecular weight excluding hydrogens is 244 g/mol. The van der Waals surface area contributed by atoms with Gasteiger partial charge in [-0.15, -0.1) is 0 Å². The molecule has 0 atom stereocenters. The minimum atomic E-state index is 0.187. The summed E-state index contributed by atoms with van der Waals surface area (Å²) in [6, 6.07) is 3.44. The molecule has 0 aliphatic carbocycles. The van der Waals surface area contributed by atoms with Gasteiger partial charge in [0.25, 0.3) is 0 Å². The van der Waals surface area contributed by atoms with Crippen molar-refractivity contribution in [3.8, 4) is 5.88 Å². The van der Waals surface area contributed by atoms with Crippen LogP contribution in [0, 0.1) is 0 Å². The Hall–Kier alpha value is -1.98. The second kappa shape index (κ2) is 6.26. The number of nitrogens with two attached hydrogens (primary N) is 1. The van der Waals surface area contributed by atoms with Gasteiger partial charge in [-0.2, -0.15) is 4.98 Å². The Kier molecular flexibility index (Phi) is 4.43. The zero-order valence-corrected chi connectivity index (χ0v) is 11.2. The number of nitrogens with one attached hydrogen (secondary N) is 1. The molecule has 1 saturated heterocycles. The van der Waals surface area contributed by atoms with Gasteiger partial charge in [0.1, 0.15) is 0 Å². The van der Waals surface area contributed by atoms with Crippen molar-refractivity contribution < 1.29 is 9.53 Å². The number of aromatic nitrogens is 1. The molecule has 1 amide bonds. The summed E-state index contributed by atoms with van der Waals surface area (Å²) in [5.41, 5.74) is 6.36. The van der Waals surface area contributed by atoms with Gasteiger partial charge in [-0.1, -0.05) is 0 Å². The average Bonchev–Trinajstić information content (AvgIpc) is 2.95. The molecule has 0 aromatic carbocycles. The molecular formula is C13H20N4O2. The van der Waals surface area contributed by atoms with E-state index in [0.717, 1.165) is 25.9 Å². The van der Waals surface area contributed by atoms with Gasteiger partial charge in [0.05, 0.1) is 12.8 Å². The highest BCUT2D eigenvalue weighted by Crippen LogP contribution is 2.19. The number of carbonyl (C=O) groups excluding carboxylic acids is 1. The monoisotopic (exact) mass is 264 g/mol. The highest BCUT2D eigenvalue weighted by Gasteiger charge is 2.17. The fourth-order valence-electron chi connectivity index (χ4n) is 2.12. The van der Waals surface area contributed by atoms with Crippen molar-refractivity contribution in [1.82, 2.24) is 9.88 Å². The van der Waals surface area contributed by atoms with Crippen LogP contribution in [0.25, 0.3) is 0 Å². The number of likely N-dealkylation sites (tertiary alicyclic amines) is 1. The lowest BCUT2D eigenvalue weighted by Crippen LogP contribution is -2.29. The number of pyridine rings is 1. The number of nitrogen functional groups attached to an aromatic ring is 1. The molecule has 0 bridgehead atoms. The van der Waals surface area contributed by atoms with Crippen LogP contribution < -0.4 is 15.8 Å². The summed E-state index contributed by atoms with van der Waals surface area (Å²) >= 11 is 0. The number of amides is 1. The molecule has 0 spiro atoms. The van der Waals surface area contributed by atoms with E-state index in [9.17, 15) is 4.79 Å². The topological polar surface area (TPSA) is 80.5 Å². The number of hydrogen-bond acceptors (Lipinski definition) is 5. The van der Waals surface area contributed by atoms with E-state index < -0.39 is 0 Å². The lowest BCUT2D eigenvalue weighted by Gasteiger charge is -2.15. The quantitative estimate of drug-likeness (QED) is 0.832. The summed E-state index contributed by atoms with van der Waals surface area (Å²) in [5, 5.41) is 3.08. The second-order valence-corrected chi connectivity index (χ2v) is 4.56. The minimum Gasteiger partial charge on any atom is -0.481 e. The van der Waals surface area contributed by atoms with Crippen molar-refractivity contribution in [3.05, 3.63) is 12.1 Å². The first-order valence-corrected chi connectivity index (χ1v) is 6.53. The van der Waals surface area contributed by atoms with E-state index in [-0.39, 0.29) is 5.91 Å². The van der Waals surface area contributed by atoms with Crippen LogP contribution in [0.3, 0.4) is 0 Å². The van der Waals surface area contributed by atoms with Crippen molar-refractivity contribution >= 4 is 17.4 Å². The normalized spacial score (nSPS) is 14.5. The van der Waals surface area contributed by atoms with E-state index in [4.69, 9.17) is 10.5 Å². The standard InChI is InChI=1S/C13H20N4O2/c1-19-11-5-4-10(14)13(16-11)15-7-6-12(18)17-8-2-3-9-17/h4-5H,2-3,6-9,14H2,1H3,(H,15,16). The maximum atomic E-state index is 11.9. The maximum Gasteiger partial charge on any atom is 0.224 e. The molecule has 104 valence electrons. The van der Waals surface area contributed by atoms with Crippen LogP contribution in [0.5, 0.6) is 5.88 Å². The molecule has 1 aromatic rings. The molecule has 6 heteroatoms. The lowest BCUT2D eigenvalue weighted by molar-refractivity contribution is -0.129. The van der Waals surface area contributed by atoms with Gasteiger partial charge >= 0.3 is 0 Å². The smallest absolute Gasteiger partial charge is 0.224 e. The number of hydrogen-bond donors (Lipinski definition) is 2. The fraction of sp³-hybridized carbons (Fsp3) is 0.538. The molecule has 1 aliphatic heterocycles. The summed E-state index contributed by atoms with van der Waals surface area (Å²) in [6.07, 6.45) is 2.69. The zero-order valence-electron chi connectivity index (χ0n) is 11.2. The Morgan fingerprint density at radius 2 is 2.21 bits per heavy atom. The van der Waals surface area contributed by atoms with Crippen LogP contribution in [0.4, 0.5) is 11.5 Å². The van der Waals surface area contributed by atoms with Gasteiger partial charge in [-0.3, -0.25) is 4.79 Å². The number of carbonyl (C=O) groups is 1. The molecule has 2 rings (SSSR count). The molecule has 1 fully saturated rings. The minimum absolute atomic E-state index is 0.187. The molecule has 1 aliphatic rings. The summed E-state index contributed by atoms with van der Waals surface area (Å²) < 4.78 is 5.04. The van der Waals surface area contributed by atoms with E-state index in [1.165, 1.54) is 0 Å². The first-order chi connectivity index (χ1) is 9.20. The third kappa shape index (κ3) is 3.49. The van der Waals surface area contributed by atoms with E-state index in [1.807, 2.05) is 4.90 Å². The Morgan fingerprint density at radius 3 is 2.89 bits per heavy atom. The van der Waals surface area contributed by atoms with Gasteiger partial charge in [-0.25, -0.2) is 0 Å². The van der Waals surface area contributed by atoms with Crippen LogP contribution in [0.2, 0.25) is 0 Å².